The van der Waals surface area contributed by atoms with E-state index in [0.29, 0.717) is 13.1 Å². The van der Waals surface area contributed by atoms with E-state index < -0.39 is 40.5 Å². The second-order valence-corrected chi connectivity index (χ2v) is 9.09. The topological polar surface area (TPSA) is 97.8 Å². The lowest BCUT2D eigenvalue weighted by Crippen LogP contribution is -2.45. The first kappa shape index (κ1) is 21.8. The maximum atomic E-state index is 15.3. The zero-order valence-electron chi connectivity index (χ0n) is 17.2. The van der Waals surface area contributed by atoms with Crippen molar-refractivity contribution in [3.63, 3.8) is 0 Å². The zero-order valence-corrected chi connectivity index (χ0v) is 18.0. The third-order valence-electron chi connectivity index (χ3n) is 7.07. The molecule has 2 aliphatic carbocycles. The summed E-state index contributed by atoms with van der Waals surface area (Å²) >= 11 is 0. The van der Waals surface area contributed by atoms with Crippen molar-refractivity contribution in [1.82, 2.24) is 4.57 Å². The van der Waals surface area contributed by atoms with Gasteiger partial charge in [0.1, 0.15) is 17.4 Å². The van der Waals surface area contributed by atoms with Crippen molar-refractivity contribution in [2.75, 3.05) is 25.1 Å². The summed E-state index contributed by atoms with van der Waals surface area (Å²) in [4.78, 5) is 26.2. The monoisotopic (exact) mass is 455 g/mol. The molecule has 168 valence electrons. The molecule has 3 aliphatic rings. The standard InChI is InChI=1S/C21H23F2N3O4.ClH/c1-20(24)8-25(9-21(20)3-4-21)16-13(23)5-10-15(18(16)30-2)26(14-6-12(14)22)7-11(17(10)27)19(28)29;/h5,7,12,14H,3-4,6,8-9,24H2,1-2H3,(H,28,29);1H/t12-,14+,20?;/m0./s1. The van der Waals surface area contributed by atoms with Crippen LogP contribution in [0, 0.1) is 11.2 Å². The smallest absolute Gasteiger partial charge is 0.341 e. The number of methoxy groups -OCH3 is 1. The van der Waals surface area contributed by atoms with Gasteiger partial charge in [0.15, 0.2) is 11.6 Å². The zero-order chi connectivity index (χ0) is 21.6. The van der Waals surface area contributed by atoms with Crippen LogP contribution in [0.25, 0.3) is 10.9 Å². The molecule has 0 bridgehead atoms. The van der Waals surface area contributed by atoms with E-state index in [-0.39, 0.29) is 46.6 Å². The second kappa shape index (κ2) is 6.80. The molecule has 3 atom stereocenters. The molecule has 1 aromatic carbocycles. The van der Waals surface area contributed by atoms with Crippen molar-refractivity contribution in [2.24, 2.45) is 11.1 Å². The van der Waals surface area contributed by atoms with Crippen molar-refractivity contribution < 1.29 is 23.4 Å². The van der Waals surface area contributed by atoms with Crippen LogP contribution in [0.2, 0.25) is 0 Å². The summed E-state index contributed by atoms with van der Waals surface area (Å²) in [5.74, 6) is -2.03. The number of carboxylic acid groups (broad SMARTS) is 1. The largest absolute Gasteiger partial charge is 0.492 e. The van der Waals surface area contributed by atoms with E-state index in [0.717, 1.165) is 25.1 Å². The van der Waals surface area contributed by atoms with Crippen molar-refractivity contribution in [3.05, 3.63) is 33.9 Å². The molecule has 0 amide bonds. The van der Waals surface area contributed by atoms with Crippen LogP contribution in [-0.2, 0) is 0 Å². The Balaban J connectivity index is 0.00000231. The lowest BCUT2D eigenvalue weighted by atomic mass is 9.87. The Bertz CT molecular complexity index is 1160. The summed E-state index contributed by atoms with van der Waals surface area (Å²) in [6.07, 6.45) is 2.10. The van der Waals surface area contributed by atoms with Gasteiger partial charge in [-0.25, -0.2) is 13.6 Å². The molecule has 7 nitrogen and oxygen atoms in total. The number of hydrogen-bond acceptors (Lipinski definition) is 5. The predicted molar refractivity (Wildman–Crippen MR) is 114 cm³/mol. The lowest BCUT2D eigenvalue weighted by molar-refractivity contribution is 0.0694. The van der Waals surface area contributed by atoms with Crippen LogP contribution in [-0.4, -0.2) is 47.6 Å². The second-order valence-electron chi connectivity index (χ2n) is 9.09. The summed E-state index contributed by atoms with van der Waals surface area (Å²) in [7, 11) is 1.36. The number of nitrogens with two attached hydrogens (primary N) is 1. The summed E-state index contributed by atoms with van der Waals surface area (Å²) in [5.41, 5.74) is 4.98. The molecule has 2 saturated carbocycles. The van der Waals surface area contributed by atoms with Gasteiger partial charge in [0.2, 0.25) is 5.43 Å². The van der Waals surface area contributed by atoms with E-state index in [1.165, 1.54) is 11.7 Å². The number of carboxylic acids is 1. The molecule has 2 heterocycles. The molecule has 1 aromatic heterocycles. The first-order chi connectivity index (χ1) is 14.1. The number of anilines is 1. The first-order valence-corrected chi connectivity index (χ1v) is 9.97. The van der Waals surface area contributed by atoms with Gasteiger partial charge in [-0.05, 0) is 25.8 Å². The maximum absolute atomic E-state index is 15.3. The summed E-state index contributed by atoms with van der Waals surface area (Å²) in [5, 5.41) is 9.27. The summed E-state index contributed by atoms with van der Waals surface area (Å²) < 4.78 is 36.3. The van der Waals surface area contributed by atoms with Crippen molar-refractivity contribution in [1.29, 1.82) is 0 Å². The highest BCUT2D eigenvalue weighted by atomic mass is 35.5. The Morgan fingerprint density at radius 2 is 2.00 bits per heavy atom. The fourth-order valence-corrected chi connectivity index (χ4v) is 4.99. The summed E-state index contributed by atoms with van der Waals surface area (Å²) in [6.45, 7) is 2.93. The van der Waals surface area contributed by atoms with E-state index in [1.807, 2.05) is 11.8 Å². The van der Waals surface area contributed by atoms with Crippen LogP contribution < -0.4 is 20.8 Å². The lowest BCUT2D eigenvalue weighted by Gasteiger charge is -2.26. The van der Waals surface area contributed by atoms with Crippen LogP contribution >= 0.6 is 12.4 Å². The number of halogens is 3. The SMILES string of the molecule is COc1c(N2CC(C)(N)C3(CC3)C2)c(F)cc2c(=O)c(C(=O)O)cn([C@@H]3C[C@@H]3F)c12.Cl. The number of benzene rings is 1. The minimum absolute atomic E-state index is 0. The van der Waals surface area contributed by atoms with Gasteiger partial charge in [0, 0.05) is 36.7 Å². The predicted octanol–water partition coefficient (Wildman–Crippen LogP) is 2.87. The molecule has 3 N–H and O–H groups in total. The molecule has 1 unspecified atom stereocenters. The molecule has 1 spiro atoms. The highest BCUT2D eigenvalue weighted by molar-refractivity contribution is 5.97. The number of ether oxygens (including phenoxy) is 1. The molecular formula is C21H24ClF2N3O4. The molecule has 3 fully saturated rings. The van der Waals surface area contributed by atoms with Crippen LogP contribution in [0.4, 0.5) is 14.5 Å². The van der Waals surface area contributed by atoms with E-state index in [9.17, 15) is 19.1 Å². The third kappa shape index (κ3) is 3.01. The summed E-state index contributed by atoms with van der Waals surface area (Å²) in [6, 6.07) is 0.423. The Morgan fingerprint density at radius 1 is 1.35 bits per heavy atom. The van der Waals surface area contributed by atoms with Gasteiger partial charge < -0.3 is 25.0 Å². The molecule has 1 aliphatic heterocycles. The number of hydrogen-bond donors (Lipinski definition) is 2. The molecule has 2 aromatic rings. The first-order valence-electron chi connectivity index (χ1n) is 9.97. The van der Waals surface area contributed by atoms with Gasteiger partial charge in [-0.3, -0.25) is 4.79 Å². The highest BCUT2D eigenvalue weighted by Gasteiger charge is 2.61. The van der Waals surface area contributed by atoms with Gasteiger partial charge in [-0.1, -0.05) is 0 Å². The molecule has 31 heavy (non-hydrogen) atoms. The third-order valence-corrected chi connectivity index (χ3v) is 7.07. The number of pyridine rings is 1. The molecule has 10 heteroatoms. The van der Waals surface area contributed by atoms with Gasteiger partial charge in [0.25, 0.3) is 0 Å². The molecular weight excluding hydrogens is 432 g/mol. The van der Waals surface area contributed by atoms with Crippen LogP contribution in [0.3, 0.4) is 0 Å². The fraction of sp³-hybridized carbons (Fsp3) is 0.524. The number of fused-ring (bicyclic) bond motifs is 1. The van der Waals surface area contributed by atoms with Crippen molar-refractivity contribution >= 4 is 35.0 Å². The number of carbonyl (C=O) groups is 1. The number of alkyl halides is 1. The molecule has 0 radical (unpaired) electrons. The van der Waals surface area contributed by atoms with Crippen LogP contribution in [0.5, 0.6) is 5.75 Å². The van der Waals surface area contributed by atoms with E-state index in [4.69, 9.17) is 10.5 Å². The number of aromatic nitrogens is 1. The van der Waals surface area contributed by atoms with Gasteiger partial charge in [-0.2, -0.15) is 0 Å². The van der Waals surface area contributed by atoms with Gasteiger partial charge >= 0.3 is 5.97 Å². The van der Waals surface area contributed by atoms with E-state index in [2.05, 4.69) is 0 Å². The van der Waals surface area contributed by atoms with E-state index in [1.54, 1.807) is 0 Å². The van der Waals surface area contributed by atoms with Crippen molar-refractivity contribution in [2.45, 2.75) is 43.9 Å². The number of rotatable bonds is 4. The normalized spacial score (nSPS) is 28.0. The average molecular weight is 456 g/mol. The Hall–Kier alpha value is -2.39. The number of nitrogens with zero attached hydrogens (tertiary/aromatic N) is 2. The molecule has 1 saturated heterocycles. The Kier molecular flexibility index (Phi) is 4.79. The Labute approximate surface area is 183 Å². The quantitative estimate of drug-likeness (QED) is 0.735. The fourth-order valence-electron chi connectivity index (χ4n) is 4.99. The average Bonchev–Trinajstić information content (AvgIpc) is 3.57. The highest BCUT2D eigenvalue weighted by Crippen LogP contribution is 2.59. The van der Waals surface area contributed by atoms with E-state index >= 15 is 4.39 Å². The van der Waals surface area contributed by atoms with Crippen molar-refractivity contribution in [3.8, 4) is 5.75 Å². The van der Waals surface area contributed by atoms with Crippen LogP contribution in [0.15, 0.2) is 17.1 Å². The minimum Gasteiger partial charge on any atom is -0.492 e. The molecule has 5 rings (SSSR count). The van der Waals surface area contributed by atoms with Gasteiger partial charge in [0.05, 0.1) is 24.1 Å². The Morgan fingerprint density at radius 3 is 2.48 bits per heavy atom. The van der Waals surface area contributed by atoms with Gasteiger partial charge in [-0.15, -0.1) is 12.4 Å². The maximum Gasteiger partial charge on any atom is 0.341 e. The minimum atomic E-state index is -1.44. The number of aromatic carboxylic acids is 1. The van der Waals surface area contributed by atoms with Crippen LogP contribution in [0.1, 0.15) is 42.6 Å².